The van der Waals surface area contributed by atoms with E-state index in [1.54, 1.807) is 26.0 Å². The van der Waals surface area contributed by atoms with Crippen LogP contribution in [0.2, 0.25) is 0 Å². The van der Waals surface area contributed by atoms with E-state index in [0.29, 0.717) is 22.2 Å². The van der Waals surface area contributed by atoms with Crippen molar-refractivity contribution in [2.45, 2.75) is 13.8 Å². The van der Waals surface area contributed by atoms with Gasteiger partial charge in [-0.15, -0.1) is 0 Å². The van der Waals surface area contributed by atoms with E-state index in [1.807, 2.05) is 0 Å². The summed E-state index contributed by atoms with van der Waals surface area (Å²) >= 11 is 6.38. The minimum Gasteiger partial charge on any atom is -0.490 e. The summed E-state index contributed by atoms with van der Waals surface area (Å²) in [4.78, 5) is 28.8. The molecule has 0 aliphatic carbocycles. The zero-order valence-electron chi connectivity index (χ0n) is 14.6. The minimum absolute atomic E-state index is 0. The molecule has 2 aromatic rings. The number of nitrogens with zero attached hydrogens (tertiary/aromatic N) is 2. The van der Waals surface area contributed by atoms with E-state index in [4.69, 9.17) is 19.7 Å². The van der Waals surface area contributed by atoms with Crippen LogP contribution in [0.3, 0.4) is 0 Å². The maximum Gasteiger partial charge on any atom is 0.358 e. The topological polar surface area (TPSA) is 119 Å². The Kier molecular flexibility index (Phi) is 12.0. The number of halogens is 2. The first-order valence-corrected chi connectivity index (χ1v) is 8.93. The van der Waals surface area contributed by atoms with Gasteiger partial charge in [0.15, 0.2) is 22.9 Å². The van der Waals surface area contributed by atoms with Gasteiger partial charge < -0.3 is 19.7 Å². The van der Waals surface area contributed by atoms with Crippen LogP contribution in [-0.2, 0) is 19.5 Å². The predicted octanol–water partition coefficient (Wildman–Crippen LogP) is 3.88. The standard InChI is InChI=1S/2C8H8BrNO3.Zn/c2*1-2-13-7-5(9)3-4-10-6(7)8(11)12;/h2*3-4H,2H2,1H3,(H,11,12);. The molecule has 0 aliphatic rings. The van der Waals surface area contributed by atoms with E-state index in [2.05, 4.69) is 41.8 Å². The van der Waals surface area contributed by atoms with Crippen LogP contribution in [0, 0.1) is 0 Å². The van der Waals surface area contributed by atoms with E-state index in [9.17, 15) is 9.59 Å². The summed E-state index contributed by atoms with van der Waals surface area (Å²) in [5, 5.41) is 17.5. The fraction of sp³-hybridized carbons (Fsp3) is 0.250. The molecule has 2 rings (SSSR count). The van der Waals surface area contributed by atoms with Gasteiger partial charge in [0.05, 0.1) is 22.2 Å². The summed E-state index contributed by atoms with van der Waals surface area (Å²) < 4.78 is 11.5. The van der Waals surface area contributed by atoms with Crippen LogP contribution in [-0.4, -0.2) is 45.3 Å². The molecule has 0 saturated carbocycles. The second kappa shape index (κ2) is 12.7. The van der Waals surface area contributed by atoms with Crippen LogP contribution >= 0.6 is 31.9 Å². The van der Waals surface area contributed by atoms with Crippen LogP contribution < -0.4 is 9.47 Å². The Hall–Kier alpha value is -1.58. The minimum atomic E-state index is -1.09. The maximum absolute atomic E-state index is 10.7. The summed E-state index contributed by atoms with van der Waals surface area (Å²) in [6.07, 6.45) is 2.83. The molecule has 0 atom stereocenters. The monoisotopic (exact) mass is 554 g/mol. The molecule has 27 heavy (non-hydrogen) atoms. The zero-order chi connectivity index (χ0) is 19.7. The van der Waals surface area contributed by atoms with Crippen LogP contribution in [0.15, 0.2) is 33.5 Å². The number of aromatic nitrogens is 2. The average molecular weight is 558 g/mol. The summed E-state index contributed by atoms with van der Waals surface area (Å²) in [5.41, 5.74) is -0.146. The van der Waals surface area contributed by atoms with E-state index >= 15 is 0 Å². The first kappa shape index (κ1) is 25.4. The molecule has 0 fully saturated rings. The second-order valence-electron chi connectivity index (χ2n) is 4.42. The Balaban J connectivity index is 0.000000483. The number of aromatic carboxylic acids is 2. The average Bonchev–Trinajstić information content (AvgIpc) is 2.59. The number of carboxylic acids is 2. The molecule has 0 radical (unpaired) electrons. The van der Waals surface area contributed by atoms with Crippen molar-refractivity contribution in [3.05, 3.63) is 44.9 Å². The van der Waals surface area contributed by atoms with Gasteiger partial charge in [-0.25, -0.2) is 19.6 Å². The van der Waals surface area contributed by atoms with Crippen LogP contribution in [0.4, 0.5) is 0 Å². The van der Waals surface area contributed by atoms with Gasteiger partial charge >= 0.3 is 11.9 Å². The van der Waals surface area contributed by atoms with Crippen molar-refractivity contribution in [3.8, 4) is 11.5 Å². The molecule has 0 aliphatic heterocycles. The number of ether oxygens (including phenoxy) is 2. The fourth-order valence-electron chi connectivity index (χ4n) is 1.72. The number of rotatable bonds is 6. The number of hydrogen-bond acceptors (Lipinski definition) is 6. The van der Waals surface area contributed by atoms with Crippen molar-refractivity contribution in [1.82, 2.24) is 9.97 Å². The molecule has 2 N–H and O–H groups in total. The number of carboxylic acid groups (broad SMARTS) is 2. The normalized spacial score (nSPS) is 9.33. The Morgan fingerprint density at radius 3 is 1.48 bits per heavy atom. The Morgan fingerprint density at radius 1 is 0.889 bits per heavy atom. The fourth-order valence-corrected chi connectivity index (χ4v) is 2.56. The smallest absolute Gasteiger partial charge is 0.358 e. The largest absolute Gasteiger partial charge is 0.490 e. The van der Waals surface area contributed by atoms with Gasteiger partial charge in [-0.1, -0.05) is 0 Å². The molecule has 0 aromatic carbocycles. The Bertz CT molecular complexity index is 726. The van der Waals surface area contributed by atoms with E-state index < -0.39 is 11.9 Å². The first-order chi connectivity index (χ1) is 12.3. The summed E-state index contributed by atoms with van der Waals surface area (Å²) in [7, 11) is 0. The Labute approximate surface area is 185 Å². The molecule has 142 valence electrons. The maximum atomic E-state index is 10.7. The summed E-state index contributed by atoms with van der Waals surface area (Å²) in [6.45, 7) is 4.38. The molecule has 8 nitrogen and oxygen atoms in total. The third-order valence-corrected chi connectivity index (χ3v) is 3.94. The van der Waals surface area contributed by atoms with E-state index in [-0.39, 0.29) is 42.4 Å². The predicted molar refractivity (Wildman–Crippen MR) is 100 cm³/mol. The number of hydrogen-bond donors (Lipinski definition) is 2. The third kappa shape index (κ3) is 7.52. The molecule has 11 heteroatoms. The van der Waals surface area contributed by atoms with Crippen LogP contribution in [0.25, 0.3) is 0 Å². The molecule has 2 heterocycles. The van der Waals surface area contributed by atoms with Crippen molar-refractivity contribution < 1.29 is 48.8 Å². The summed E-state index contributed by atoms with van der Waals surface area (Å²) in [6, 6.07) is 3.27. The van der Waals surface area contributed by atoms with Crippen LogP contribution in [0.5, 0.6) is 11.5 Å². The van der Waals surface area contributed by atoms with Gasteiger partial charge in [0.2, 0.25) is 0 Å². The van der Waals surface area contributed by atoms with E-state index in [1.165, 1.54) is 12.4 Å². The quantitative estimate of drug-likeness (QED) is 0.514. The third-order valence-electron chi connectivity index (χ3n) is 2.70. The van der Waals surface area contributed by atoms with Gasteiger partial charge in [0.25, 0.3) is 0 Å². The van der Waals surface area contributed by atoms with Crippen molar-refractivity contribution >= 4 is 43.8 Å². The van der Waals surface area contributed by atoms with Gasteiger partial charge in [0.1, 0.15) is 0 Å². The van der Waals surface area contributed by atoms with Gasteiger partial charge in [-0.3, -0.25) is 0 Å². The van der Waals surface area contributed by atoms with E-state index in [0.717, 1.165) is 0 Å². The second-order valence-corrected chi connectivity index (χ2v) is 6.13. The van der Waals surface area contributed by atoms with Crippen molar-refractivity contribution in [1.29, 1.82) is 0 Å². The molecule has 0 saturated heterocycles. The van der Waals surface area contributed by atoms with Crippen molar-refractivity contribution in [2.75, 3.05) is 13.2 Å². The summed E-state index contributed by atoms with van der Waals surface area (Å²) in [5.74, 6) is -1.63. The Morgan fingerprint density at radius 2 is 1.22 bits per heavy atom. The molecule has 0 spiro atoms. The van der Waals surface area contributed by atoms with Gasteiger partial charge in [-0.05, 0) is 57.8 Å². The first-order valence-electron chi connectivity index (χ1n) is 7.34. The van der Waals surface area contributed by atoms with Gasteiger partial charge in [0, 0.05) is 31.9 Å². The molecule has 2 aromatic heterocycles. The number of pyridine rings is 2. The molecule has 0 unspecified atom stereocenters. The molecule has 0 bridgehead atoms. The SMILES string of the molecule is CCOc1c(Br)ccnc1C(=O)O.CCOc1c(Br)ccnc1C(=O)O.[Zn]. The molecular formula is C16H16Br2N2O6Zn. The van der Waals surface area contributed by atoms with Crippen LogP contribution in [0.1, 0.15) is 34.8 Å². The van der Waals surface area contributed by atoms with Gasteiger partial charge in [-0.2, -0.15) is 0 Å². The molecular weight excluding hydrogens is 541 g/mol. The van der Waals surface area contributed by atoms with Crippen molar-refractivity contribution in [3.63, 3.8) is 0 Å². The van der Waals surface area contributed by atoms with Crippen molar-refractivity contribution in [2.24, 2.45) is 0 Å². The zero-order valence-corrected chi connectivity index (χ0v) is 20.7. The molecule has 0 amide bonds. The number of carbonyl (C=O) groups is 2.